The van der Waals surface area contributed by atoms with Crippen molar-refractivity contribution in [3.05, 3.63) is 65.1 Å². The first kappa shape index (κ1) is 18.8. The molecule has 0 aliphatic carbocycles. The van der Waals surface area contributed by atoms with Gasteiger partial charge in [-0.25, -0.2) is 4.39 Å². The van der Waals surface area contributed by atoms with E-state index in [0.717, 1.165) is 18.7 Å². The third-order valence-electron chi connectivity index (χ3n) is 5.52. The second-order valence-electron chi connectivity index (χ2n) is 7.49. The number of pyridine rings is 1. The zero-order valence-corrected chi connectivity index (χ0v) is 16.3. The van der Waals surface area contributed by atoms with Gasteiger partial charge in [-0.1, -0.05) is 12.1 Å². The number of aromatic nitrogens is 1. The number of phenols is 1. The van der Waals surface area contributed by atoms with Crippen LogP contribution >= 0.6 is 0 Å². The van der Waals surface area contributed by atoms with Crippen LogP contribution in [0.25, 0.3) is 10.9 Å². The number of hydrogen-bond donors (Lipinski definition) is 2. The highest BCUT2D eigenvalue weighted by Crippen LogP contribution is 2.44. The van der Waals surface area contributed by atoms with E-state index in [1.165, 1.54) is 12.1 Å². The molecular weight excluding hydrogens is 387 g/mol. The van der Waals surface area contributed by atoms with Crippen LogP contribution in [0.4, 0.5) is 4.39 Å². The van der Waals surface area contributed by atoms with Crippen molar-refractivity contribution in [1.82, 2.24) is 20.3 Å². The number of aromatic hydroxyl groups is 1. The lowest BCUT2D eigenvalue weighted by atomic mass is 10.0. The van der Waals surface area contributed by atoms with Gasteiger partial charge in [0.25, 0.3) is 5.91 Å². The zero-order chi connectivity index (χ0) is 20.7. The van der Waals surface area contributed by atoms with Crippen LogP contribution in [0.3, 0.4) is 0 Å². The molecule has 154 valence electrons. The lowest BCUT2D eigenvalue weighted by Gasteiger charge is -2.28. The molecule has 0 spiro atoms. The molecule has 7 nitrogen and oxygen atoms in total. The molecule has 0 bridgehead atoms. The summed E-state index contributed by atoms with van der Waals surface area (Å²) < 4.78 is 13.2. The summed E-state index contributed by atoms with van der Waals surface area (Å²) in [7, 11) is 0. The predicted molar refractivity (Wildman–Crippen MR) is 108 cm³/mol. The fourth-order valence-corrected chi connectivity index (χ4v) is 4.02. The second-order valence-corrected chi connectivity index (χ2v) is 7.49. The minimum Gasteiger partial charge on any atom is -0.505 e. The van der Waals surface area contributed by atoms with E-state index in [-0.39, 0.29) is 23.0 Å². The van der Waals surface area contributed by atoms with Gasteiger partial charge >= 0.3 is 0 Å². The SMILES string of the molecule is O=C1c2c(c(ON3CCNCC3)c3cccnc3c2O)CN1Cc1ccc(F)cc1. The van der Waals surface area contributed by atoms with E-state index in [2.05, 4.69) is 10.3 Å². The van der Waals surface area contributed by atoms with Crippen LogP contribution in [-0.4, -0.2) is 52.1 Å². The third kappa shape index (κ3) is 3.24. The molecule has 0 saturated carbocycles. The zero-order valence-electron chi connectivity index (χ0n) is 16.3. The summed E-state index contributed by atoms with van der Waals surface area (Å²) >= 11 is 0. The van der Waals surface area contributed by atoms with Gasteiger partial charge in [0, 0.05) is 49.9 Å². The summed E-state index contributed by atoms with van der Waals surface area (Å²) in [6.45, 7) is 3.66. The Morgan fingerprint density at radius 2 is 1.93 bits per heavy atom. The molecule has 2 N–H and O–H groups in total. The molecule has 1 saturated heterocycles. The number of phenolic OH excluding ortho intramolecular Hbond substituents is 1. The Balaban J connectivity index is 1.55. The maximum Gasteiger partial charge on any atom is 0.258 e. The Morgan fingerprint density at radius 1 is 1.17 bits per heavy atom. The number of nitrogens with zero attached hydrogens (tertiary/aromatic N) is 3. The molecule has 3 aromatic rings. The molecule has 8 heteroatoms. The van der Waals surface area contributed by atoms with Crippen molar-refractivity contribution in [2.45, 2.75) is 13.1 Å². The van der Waals surface area contributed by atoms with E-state index in [4.69, 9.17) is 4.84 Å². The Bertz CT molecular complexity index is 1110. The first-order valence-electron chi connectivity index (χ1n) is 9.91. The summed E-state index contributed by atoms with van der Waals surface area (Å²) in [5.41, 5.74) is 2.04. The van der Waals surface area contributed by atoms with Crippen LogP contribution in [0.1, 0.15) is 21.5 Å². The van der Waals surface area contributed by atoms with Gasteiger partial charge in [-0.15, -0.1) is 5.06 Å². The van der Waals surface area contributed by atoms with Gasteiger partial charge in [-0.2, -0.15) is 0 Å². The molecule has 1 aromatic heterocycles. The predicted octanol–water partition coefficient (Wildman–Crippen LogP) is 2.43. The van der Waals surface area contributed by atoms with Gasteiger partial charge in [-0.05, 0) is 29.8 Å². The smallest absolute Gasteiger partial charge is 0.258 e. The van der Waals surface area contributed by atoms with Crippen LogP contribution in [0.2, 0.25) is 0 Å². The number of nitrogens with one attached hydrogen (secondary N) is 1. The molecule has 2 aliphatic rings. The molecule has 3 heterocycles. The first-order chi connectivity index (χ1) is 14.6. The lowest BCUT2D eigenvalue weighted by molar-refractivity contribution is -0.0659. The second kappa shape index (κ2) is 7.55. The number of rotatable bonds is 4. The summed E-state index contributed by atoms with van der Waals surface area (Å²) in [5.74, 6) is -0.177. The van der Waals surface area contributed by atoms with Crippen molar-refractivity contribution < 1.29 is 19.1 Å². The average molecular weight is 408 g/mol. The van der Waals surface area contributed by atoms with Gasteiger partial charge in [0.15, 0.2) is 11.5 Å². The number of fused-ring (bicyclic) bond motifs is 2. The van der Waals surface area contributed by atoms with Crippen LogP contribution in [0, 0.1) is 5.82 Å². The van der Waals surface area contributed by atoms with E-state index in [1.54, 1.807) is 29.3 Å². The van der Waals surface area contributed by atoms with Crippen LogP contribution < -0.4 is 10.2 Å². The highest BCUT2D eigenvalue weighted by molar-refractivity contribution is 6.08. The van der Waals surface area contributed by atoms with E-state index in [0.29, 0.717) is 48.4 Å². The quantitative estimate of drug-likeness (QED) is 0.691. The Labute approximate surface area is 172 Å². The molecule has 0 unspecified atom stereocenters. The van der Waals surface area contributed by atoms with Crippen molar-refractivity contribution in [2.75, 3.05) is 26.2 Å². The molecule has 5 rings (SSSR count). The summed E-state index contributed by atoms with van der Waals surface area (Å²) in [5, 5.41) is 16.7. The van der Waals surface area contributed by atoms with E-state index >= 15 is 0 Å². The fourth-order valence-electron chi connectivity index (χ4n) is 4.02. The van der Waals surface area contributed by atoms with Crippen LogP contribution in [0.15, 0.2) is 42.6 Å². The summed E-state index contributed by atoms with van der Waals surface area (Å²) in [6.07, 6.45) is 1.58. The number of carbonyl (C=O) groups excluding carboxylic acids is 1. The molecule has 0 radical (unpaired) electrons. The molecule has 0 atom stereocenters. The van der Waals surface area contributed by atoms with E-state index in [1.807, 2.05) is 11.1 Å². The summed E-state index contributed by atoms with van der Waals surface area (Å²) in [6, 6.07) is 9.68. The maximum absolute atomic E-state index is 13.2. The topological polar surface area (TPSA) is 77.9 Å². The summed E-state index contributed by atoms with van der Waals surface area (Å²) in [4.78, 5) is 25.3. The molecule has 2 aliphatic heterocycles. The Hall–Kier alpha value is -3.23. The number of piperazine rings is 1. The number of amides is 1. The minimum absolute atomic E-state index is 0.125. The van der Waals surface area contributed by atoms with Gasteiger partial charge in [0.05, 0.1) is 12.1 Å². The van der Waals surface area contributed by atoms with Gasteiger partial charge < -0.3 is 20.2 Å². The van der Waals surface area contributed by atoms with Crippen molar-refractivity contribution >= 4 is 16.8 Å². The van der Waals surface area contributed by atoms with Crippen LogP contribution in [-0.2, 0) is 13.1 Å². The molecule has 2 aromatic carbocycles. The Morgan fingerprint density at radius 3 is 2.70 bits per heavy atom. The van der Waals surface area contributed by atoms with Gasteiger partial charge in [0.1, 0.15) is 11.3 Å². The van der Waals surface area contributed by atoms with Gasteiger partial charge in [0.2, 0.25) is 0 Å². The average Bonchev–Trinajstić information content (AvgIpc) is 3.10. The number of hydrogen-bond acceptors (Lipinski definition) is 6. The van der Waals surface area contributed by atoms with E-state index < -0.39 is 0 Å². The Kier molecular flexibility index (Phi) is 4.72. The first-order valence-corrected chi connectivity index (χ1v) is 9.91. The number of carbonyl (C=O) groups is 1. The highest BCUT2D eigenvalue weighted by Gasteiger charge is 2.36. The largest absolute Gasteiger partial charge is 0.505 e. The highest BCUT2D eigenvalue weighted by atomic mass is 19.1. The van der Waals surface area contributed by atoms with Crippen molar-refractivity contribution in [3.8, 4) is 11.5 Å². The standard InChI is InChI=1S/C22H21FN4O3/c23-15-5-3-14(4-6-15)12-26-13-17-18(22(26)29)20(28)19-16(2-1-7-25-19)21(17)30-27-10-8-24-9-11-27/h1-7,24,28H,8-13H2. The molecular formula is C22H21FN4O3. The molecule has 1 amide bonds. The van der Waals surface area contributed by atoms with Crippen molar-refractivity contribution in [2.24, 2.45) is 0 Å². The number of benzene rings is 2. The van der Waals surface area contributed by atoms with Crippen LogP contribution in [0.5, 0.6) is 11.5 Å². The fraction of sp³-hybridized carbons (Fsp3) is 0.273. The lowest BCUT2D eigenvalue weighted by Crippen LogP contribution is -2.45. The monoisotopic (exact) mass is 408 g/mol. The normalized spacial score (nSPS) is 16.8. The van der Waals surface area contributed by atoms with Gasteiger partial charge in [-0.3, -0.25) is 9.78 Å². The van der Waals surface area contributed by atoms with Crippen molar-refractivity contribution in [1.29, 1.82) is 0 Å². The number of halogens is 1. The third-order valence-corrected chi connectivity index (χ3v) is 5.52. The maximum atomic E-state index is 13.2. The number of hydroxylamine groups is 2. The molecule has 30 heavy (non-hydrogen) atoms. The van der Waals surface area contributed by atoms with E-state index in [9.17, 15) is 14.3 Å². The van der Waals surface area contributed by atoms with Crippen molar-refractivity contribution in [3.63, 3.8) is 0 Å². The molecule has 1 fully saturated rings. The minimum atomic E-state index is -0.323.